The first-order valence-corrected chi connectivity index (χ1v) is 6.61. The number of benzene rings is 1. The number of imidazole rings is 1. The molecule has 0 aliphatic carbocycles. The van der Waals surface area contributed by atoms with E-state index in [-0.39, 0.29) is 17.4 Å². The number of carboxylic acid groups (broad SMARTS) is 1. The zero-order chi connectivity index (χ0) is 14.7. The molecule has 0 aliphatic heterocycles. The maximum Gasteiger partial charge on any atom is 0.354 e. The van der Waals surface area contributed by atoms with Gasteiger partial charge in [0, 0.05) is 4.47 Å². The smallest absolute Gasteiger partial charge is 0.354 e. The molecule has 0 saturated heterocycles. The first kappa shape index (κ1) is 14.3. The highest BCUT2D eigenvalue weighted by molar-refractivity contribution is 9.10. The van der Waals surface area contributed by atoms with E-state index < -0.39 is 11.9 Å². The topological polar surface area (TPSA) is 95.1 Å². The molecule has 1 atom stereocenters. The molecule has 0 spiro atoms. The number of H-pyrrole nitrogens is 1. The van der Waals surface area contributed by atoms with E-state index in [2.05, 4.69) is 31.2 Å². The lowest BCUT2D eigenvalue weighted by Crippen LogP contribution is -2.28. The predicted molar refractivity (Wildman–Crippen MR) is 75.6 cm³/mol. The van der Waals surface area contributed by atoms with E-state index in [9.17, 15) is 9.59 Å². The Balaban J connectivity index is 2.15. The van der Waals surface area contributed by atoms with Gasteiger partial charge in [0.05, 0.1) is 12.4 Å². The Bertz CT molecular complexity index is 654. The van der Waals surface area contributed by atoms with Crippen LogP contribution in [0.5, 0.6) is 0 Å². The van der Waals surface area contributed by atoms with Crippen LogP contribution in [0.4, 0.5) is 0 Å². The third-order valence-electron chi connectivity index (χ3n) is 2.76. The molecule has 2 rings (SSSR count). The Morgan fingerprint density at radius 2 is 2.20 bits per heavy atom. The Kier molecular flexibility index (Phi) is 4.19. The molecule has 1 amide bonds. The molecule has 20 heavy (non-hydrogen) atoms. The lowest BCUT2D eigenvalue weighted by Gasteiger charge is -2.14. The van der Waals surface area contributed by atoms with Crippen LogP contribution in [-0.4, -0.2) is 27.0 Å². The van der Waals surface area contributed by atoms with Gasteiger partial charge >= 0.3 is 5.97 Å². The molecule has 1 heterocycles. The van der Waals surface area contributed by atoms with Crippen molar-refractivity contribution in [3.05, 3.63) is 52.0 Å². The van der Waals surface area contributed by atoms with Crippen molar-refractivity contribution in [1.82, 2.24) is 15.3 Å². The number of nitrogens with zero attached hydrogens (tertiary/aromatic N) is 1. The second kappa shape index (κ2) is 5.87. The van der Waals surface area contributed by atoms with Crippen LogP contribution in [0.15, 0.2) is 35.1 Å². The van der Waals surface area contributed by atoms with Crippen molar-refractivity contribution in [2.24, 2.45) is 0 Å². The lowest BCUT2D eigenvalue weighted by atomic mass is 10.1. The Labute approximate surface area is 123 Å². The number of nitrogens with one attached hydrogen (secondary N) is 2. The highest BCUT2D eigenvalue weighted by Gasteiger charge is 2.21. The number of rotatable bonds is 4. The monoisotopic (exact) mass is 337 g/mol. The number of carbonyl (C=O) groups excluding carboxylic acids is 1. The Morgan fingerprint density at radius 3 is 2.85 bits per heavy atom. The van der Waals surface area contributed by atoms with Crippen molar-refractivity contribution >= 4 is 27.8 Å². The Morgan fingerprint density at radius 1 is 1.45 bits per heavy atom. The van der Waals surface area contributed by atoms with Crippen molar-refractivity contribution < 1.29 is 14.7 Å². The van der Waals surface area contributed by atoms with Crippen LogP contribution >= 0.6 is 15.9 Å². The van der Waals surface area contributed by atoms with Gasteiger partial charge in [-0.15, -0.1) is 0 Å². The number of aromatic amines is 1. The molecule has 7 heteroatoms. The van der Waals surface area contributed by atoms with Crippen LogP contribution in [0.25, 0.3) is 0 Å². The van der Waals surface area contributed by atoms with Crippen LogP contribution in [0.3, 0.4) is 0 Å². The van der Waals surface area contributed by atoms with Crippen molar-refractivity contribution in [3.63, 3.8) is 0 Å². The molecule has 0 unspecified atom stereocenters. The van der Waals surface area contributed by atoms with E-state index in [0.29, 0.717) is 0 Å². The summed E-state index contributed by atoms with van der Waals surface area (Å²) in [4.78, 5) is 29.1. The molecular formula is C13H12BrN3O3. The molecule has 0 aliphatic rings. The summed E-state index contributed by atoms with van der Waals surface area (Å²) in [6.45, 7) is 1.81. The number of carbonyl (C=O) groups is 2. The van der Waals surface area contributed by atoms with E-state index in [0.717, 1.165) is 10.0 Å². The largest absolute Gasteiger partial charge is 0.477 e. The van der Waals surface area contributed by atoms with Gasteiger partial charge < -0.3 is 15.4 Å². The molecule has 104 valence electrons. The summed E-state index contributed by atoms with van der Waals surface area (Å²) in [6.07, 6.45) is 1.18. The second-order valence-electron chi connectivity index (χ2n) is 4.18. The minimum absolute atomic E-state index is 0.126. The fraction of sp³-hybridized carbons (Fsp3) is 0.154. The summed E-state index contributed by atoms with van der Waals surface area (Å²) in [5.74, 6) is -1.75. The third kappa shape index (κ3) is 3.05. The van der Waals surface area contributed by atoms with Gasteiger partial charge in [-0.3, -0.25) is 4.79 Å². The van der Waals surface area contributed by atoms with Crippen LogP contribution < -0.4 is 5.32 Å². The molecule has 1 aromatic heterocycles. The van der Waals surface area contributed by atoms with Gasteiger partial charge in [0.25, 0.3) is 5.91 Å². The van der Waals surface area contributed by atoms with Gasteiger partial charge in [0.1, 0.15) is 0 Å². The number of aromatic nitrogens is 2. The maximum atomic E-state index is 12.0. The van der Waals surface area contributed by atoms with E-state index in [1.54, 1.807) is 0 Å². The van der Waals surface area contributed by atoms with E-state index in [1.165, 1.54) is 6.33 Å². The fourth-order valence-corrected chi connectivity index (χ4v) is 2.17. The van der Waals surface area contributed by atoms with Crippen molar-refractivity contribution in [2.45, 2.75) is 13.0 Å². The average Bonchev–Trinajstić information content (AvgIpc) is 2.88. The van der Waals surface area contributed by atoms with E-state index in [4.69, 9.17) is 5.11 Å². The quantitative estimate of drug-likeness (QED) is 0.798. The number of amides is 1. The van der Waals surface area contributed by atoms with E-state index >= 15 is 0 Å². The lowest BCUT2D eigenvalue weighted by molar-refractivity contribution is 0.0684. The van der Waals surface area contributed by atoms with Gasteiger partial charge in [-0.2, -0.15) is 0 Å². The highest BCUT2D eigenvalue weighted by atomic mass is 79.9. The third-order valence-corrected chi connectivity index (χ3v) is 3.26. The average molecular weight is 338 g/mol. The molecular weight excluding hydrogens is 326 g/mol. The van der Waals surface area contributed by atoms with Crippen LogP contribution in [-0.2, 0) is 0 Å². The standard InChI is InChI=1S/C13H12BrN3O3/c1-7(8-3-2-4-9(14)5-8)17-12(18)10-11(13(19)20)16-6-15-10/h2-7H,1H3,(H,15,16)(H,17,18)(H,19,20)/t7-/m1/s1. The molecule has 1 aromatic carbocycles. The highest BCUT2D eigenvalue weighted by Crippen LogP contribution is 2.18. The number of hydrogen-bond donors (Lipinski definition) is 3. The van der Waals surface area contributed by atoms with Gasteiger partial charge in [-0.1, -0.05) is 28.1 Å². The van der Waals surface area contributed by atoms with Gasteiger partial charge in [-0.25, -0.2) is 9.78 Å². The summed E-state index contributed by atoms with van der Waals surface area (Å²) < 4.78 is 0.905. The molecule has 3 N–H and O–H groups in total. The van der Waals surface area contributed by atoms with Crippen LogP contribution in [0, 0.1) is 0 Å². The molecule has 0 bridgehead atoms. The number of halogens is 1. The number of hydrogen-bond acceptors (Lipinski definition) is 3. The van der Waals surface area contributed by atoms with Crippen molar-refractivity contribution in [1.29, 1.82) is 0 Å². The summed E-state index contributed by atoms with van der Waals surface area (Å²) >= 11 is 3.36. The maximum absolute atomic E-state index is 12.0. The van der Waals surface area contributed by atoms with Crippen LogP contribution in [0.1, 0.15) is 39.5 Å². The first-order chi connectivity index (χ1) is 9.49. The summed E-state index contributed by atoms with van der Waals surface area (Å²) in [7, 11) is 0. The summed E-state index contributed by atoms with van der Waals surface area (Å²) in [5.41, 5.74) is 0.559. The van der Waals surface area contributed by atoms with E-state index in [1.807, 2.05) is 31.2 Å². The van der Waals surface area contributed by atoms with Crippen LogP contribution in [0.2, 0.25) is 0 Å². The minimum Gasteiger partial charge on any atom is -0.477 e. The SMILES string of the molecule is C[C@@H](NC(=O)c1nc[nH]c1C(=O)O)c1cccc(Br)c1. The molecule has 6 nitrogen and oxygen atoms in total. The molecule has 0 fully saturated rings. The Hall–Kier alpha value is -2.15. The molecule has 2 aromatic rings. The molecule has 0 saturated carbocycles. The van der Waals surface area contributed by atoms with Gasteiger partial charge in [0.15, 0.2) is 11.4 Å². The van der Waals surface area contributed by atoms with Crippen molar-refractivity contribution in [3.8, 4) is 0 Å². The van der Waals surface area contributed by atoms with Gasteiger partial charge in [-0.05, 0) is 24.6 Å². The van der Waals surface area contributed by atoms with Gasteiger partial charge in [0.2, 0.25) is 0 Å². The normalized spacial score (nSPS) is 11.9. The second-order valence-corrected chi connectivity index (χ2v) is 5.10. The summed E-state index contributed by atoms with van der Waals surface area (Å²) in [5, 5.41) is 11.6. The molecule has 0 radical (unpaired) electrons. The summed E-state index contributed by atoms with van der Waals surface area (Å²) in [6, 6.07) is 7.23. The van der Waals surface area contributed by atoms with Crippen molar-refractivity contribution in [2.75, 3.05) is 0 Å². The predicted octanol–water partition coefficient (Wildman–Crippen LogP) is 2.36. The minimum atomic E-state index is -1.22. The number of aromatic carboxylic acids is 1. The zero-order valence-electron chi connectivity index (χ0n) is 10.6. The first-order valence-electron chi connectivity index (χ1n) is 5.82. The zero-order valence-corrected chi connectivity index (χ0v) is 12.1. The fourth-order valence-electron chi connectivity index (χ4n) is 1.75. The number of carboxylic acids is 1.